The third kappa shape index (κ3) is 3.48. The van der Waals surface area contributed by atoms with Gasteiger partial charge in [0.2, 0.25) is 5.91 Å². The molecule has 0 fully saturated rings. The smallest absolute Gasteiger partial charge is 0.259 e. The molecule has 8 heteroatoms. The summed E-state index contributed by atoms with van der Waals surface area (Å²) >= 11 is 6.01. The van der Waals surface area contributed by atoms with Crippen LogP contribution in [0.1, 0.15) is 28.7 Å². The van der Waals surface area contributed by atoms with Crippen LogP contribution in [0.4, 0.5) is 0 Å². The number of benzene rings is 2. The molecule has 0 radical (unpaired) electrons. The number of aromatic nitrogens is 2. The fraction of sp³-hybridized carbons (Fsp3) is 0.182. The number of carbonyl (C=O) groups excluding carboxylic acids is 2. The minimum absolute atomic E-state index is 0.106. The van der Waals surface area contributed by atoms with Gasteiger partial charge in [0, 0.05) is 28.4 Å². The van der Waals surface area contributed by atoms with Crippen molar-refractivity contribution in [2.24, 2.45) is 0 Å². The zero-order valence-corrected chi connectivity index (χ0v) is 17.1. The molecule has 0 aliphatic carbocycles. The van der Waals surface area contributed by atoms with Gasteiger partial charge in [0.25, 0.3) is 11.5 Å². The number of carbonyl (C=O) groups is 2. The molecule has 2 aromatic carbocycles. The SMILES string of the molecule is C=C1c2ccccc2C(=O)N1CC(=O)N(CC)Cc1nc2cc(Cl)ccc2c(=O)[nH]1. The zero-order chi connectivity index (χ0) is 21.4. The molecular weight excluding hydrogens is 404 g/mol. The third-order valence-corrected chi connectivity index (χ3v) is 5.36. The second kappa shape index (κ2) is 7.76. The number of H-pyrrole nitrogens is 1. The minimum Gasteiger partial charge on any atom is -0.334 e. The summed E-state index contributed by atoms with van der Waals surface area (Å²) in [5, 5.41) is 0.898. The van der Waals surface area contributed by atoms with Crippen LogP contribution < -0.4 is 5.56 Å². The van der Waals surface area contributed by atoms with Gasteiger partial charge in [-0.1, -0.05) is 36.4 Å². The van der Waals surface area contributed by atoms with Gasteiger partial charge in [-0.25, -0.2) is 4.98 Å². The fourth-order valence-electron chi connectivity index (χ4n) is 3.53. The molecule has 2 amide bonds. The average molecular weight is 423 g/mol. The number of amides is 2. The Morgan fingerprint density at radius 3 is 2.63 bits per heavy atom. The number of aromatic amines is 1. The fourth-order valence-corrected chi connectivity index (χ4v) is 3.70. The summed E-state index contributed by atoms with van der Waals surface area (Å²) in [6, 6.07) is 12.0. The molecule has 0 spiro atoms. The molecule has 4 rings (SSSR count). The molecule has 2 heterocycles. The van der Waals surface area contributed by atoms with Gasteiger partial charge in [-0.2, -0.15) is 0 Å². The molecule has 152 valence electrons. The van der Waals surface area contributed by atoms with Crippen LogP contribution in [0.3, 0.4) is 0 Å². The van der Waals surface area contributed by atoms with E-state index < -0.39 is 0 Å². The lowest BCUT2D eigenvalue weighted by Crippen LogP contribution is -2.40. The largest absolute Gasteiger partial charge is 0.334 e. The van der Waals surface area contributed by atoms with Crippen LogP contribution in [0.2, 0.25) is 5.02 Å². The minimum atomic E-state index is -0.297. The molecule has 1 aromatic heterocycles. The first-order valence-corrected chi connectivity index (χ1v) is 9.83. The number of nitrogens with one attached hydrogen (secondary N) is 1. The second-order valence-corrected chi connectivity index (χ2v) is 7.40. The zero-order valence-electron chi connectivity index (χ0n) is 16.3. The standard InChI is InChI=1S/C22H19ClN4O3/c1-3-26(11-19-24-18-10-14(23)8-9-17(18)21(29)25-19)20(28)12-27-13(2)15-6-4-5-7-16(15)22(27)30/h4-10H,2-3,11-12H2,1H3,(H,24,25,29). The number of hydrogen-bond donors (Lipinski definition) is 1. The molecule has 1 aliphatic rings. The monoisotopic (exact) mass is 422 g/mol. The van der Waals surface area contributed by atoms with Gasteiger partial charge >= 0.3 is 0 Å². The van der Waals surface area contributed by atoms with Gasteiger partial charge in [0.1, 0.15) is 12.4 Å². The van der Waals surface area contributed by atoms with Crippen LogP contribution >= 0.6 is 11.6 Å². The van der Waals surface area contributed by atoms with Gasteiger partial charge in [0.15, 0.2) is 0 Å². The summed E-state index contributed by atoms with van der Waals surface area (Å²) < 4.78 is 0. The Labute approximate surface area is 177 Å². The Balaban J connectivity index is 1.54. The van der Waals surface area contributed by atoms with Crippen molar-refractivity contribution >= 4 is 40.0 Å². The molecule has 0 unspecified atom stereocenters. The maximum atomic E-state index is 12.9. The molecule has 0 saturated heterocycles. The molecule has 7 nitrogen and oxygen atoms in total. The van der Waals surface area contributed by atoms with E-state index in [0.717, 1.165) is 5.56 Å². The molecular formula is C22H19ClN4O3. The number of fused-ring (bicyclic) bond motifs is 2. The van der Waals surface area contributed by atoms with E-state index in [0.29, 0.717) is 39.6 Å². The highest BCUT2D eigenvalue weighted by Gasteiger charge is 2.32. The maximum absolute atomic E-state index is 12.9. The Hall–Kier alpha value is -3.45. The summed E-state index contributed by atoms with van der Waals surface area (Å²) in [6.07, 6.45) is 0. The maximum Gasteiger partial charge on any atom is 0.259 e. The lowest BCUT2D eigenvalue weighted by molar-refractivity contribution is -0.131. The number of likely N-dealkylation sites (N-methyl/N-ethyl adjacent to an activating group) is 1. The van der Waals surface area contributed by atoms with Crippen molar-refractivity contribution in [3.05, 3.63) is 81.4 Å². The van der Waals surface area contributed by atoms with Crippen molar-refractivity contribution in [2.45, 2.75) is 13.5 Å². The van der Waals surface area contributed by atoms with E-state index in [-0.39, 0.29) is 30.5 Å². The first-order valence-electron chi connectivity index (χ1n) is 9.45. The lowest BCUT2D eigenvalue weighted by Gasteiger charge is -2.24. The molecule has 1 aliphatic heterocycles. The van der Waals surface area contributed by atoms with E-state index in [1.54, 1.807) is 30.3 Å². The van der Waals surface area contributed by atoms with Crippen LogP contribution in [-0.2, 0) is 11.3 Å². The number of rotatable bonds is 5. The number of hydrogen-bond acceptors (Lipinski definition) is 4. The van der Waals surface area contributed by atoms with Gasteiger partial charge < -0.3 is 9.88 Å². The van der Waals surface area contributed by atoms with E-state index in [4.69, 9.17) is 11.6 Å². The molecule has 0 atom stereocenters. The average Bonchev–Trinajstić information content (AvgIpc) is 2.96. The summed E-state index contributed by atoms with van der Waals surface area (Å²) in [5.74, 6) is -0.166. The van der Waals surface area contributed by atoms with Crippen molar-refractivity contribution in [2.75, 3.05) is 13.1 Å². The number of halogens is 1. The first kappa shape index (κ1) is 19.8. The predicted octanol–water partition coefficient (Wildman–Crippen LogP) is 3.05. The summed E-state index contributed by atoms with van der Waals surface area (Å²) in [7, 11) is 0. The van der Waals surface area contributed by atoms with E-state index >= 15 is 0 Å². The van der Waals surface area contributed by atoms with E-state index in [9.17, 15) is 14.4 Å². The highest BCUT2D eigenvalue weighted by Crippen LogP contribution is 2.30. The summed E-state index contributed by atoms with van der Waals surface area (Å²) in [5.41, 5.74) is 1.94. The highest BCUT2D eigenvalue weighted by atomic mass is 35.5. The molecule has 0 saturated carbocycles. The number of nitrogens with zero attached hydrogens (tertiary/aromatic N) is 3. The Morgan fingerprint density at radius 1 is 1.20 bits per heavy atom. The third-order valence-electron chi connectivity index (χ3n) is 5.13. The molecule has 3 aromatic rings. The lowest BCUT2D eigenvalue weighted by atomic mass is 10.1. The normalized spacial score (nSPS) is 13.1. The van der Waals surface area contributed by atoms with Gasteiger partial charge in [-0.05, 0) is 31.2 Å². The van der Waals surface area contributed by atoms with E-state index in [1.807, 2.05) is 19.1 Å². The van der Waals surface area contributed by atoms with Gasteiger partial charge in [0.05, 0.1) is 17.4 Å². The first-order chi connectivity index (χ1) is 14.4. The molecule has 0 bridgehead atoms. The van der Waals surface area contributed by atoms with Crippen molar-refractivity contribution in [3.8, 4) is 0 Å². The summed E-state index contributed by atoms with van der Waals surface area (Å²) in [4.78, 5) is 48.0. The van der Waals surface area contributed by atoms with Crippen molar-refractivity contribution in [3.63, 3.8) is 0 Å². The van der Waals surface area contributed by atoms with Gasteiger partial charge in [-0.15, -0.1) is 0 Å². The van der Waals surface area contributed by atoms with Crippen LogP contribution in [0, 0.1) is 0 Å². The van der Waals surface area contributed by atoms with Crippen LogP contribution in [-0.4, -0.2) is 44.7 Å². The highest BCUT2D eigenvalue weighted by molar-refractivity contribution is 6.31. The summed E-state index contributed by atoms with van der Waals surface area (Å²) in [6.45, 7) is 6.15. The van der Waals surface area contributed by atoms with Crippen LogP contribution in [0.25, 0.3) is 16.6 Å². The van der Waals surface area contributed by atoms with E-state index in [1.165, 1.54) is 9.80 Å². The topological polar surface area (TPSA) is 86.4 Å². The Morgan fingerprint density at radius 2 is 1.93 bits per heavy atom. The predicted molar refractivity (Wildman–Crippen MR) is 115 cm³/mol. The Kier molecular flexibility index (Phi) is 5.13. The van der Waals surface area contributed by atoms with Crippen LogP contribution in [0.5, 0.6) is 0 Å². The Bertz CT molecular complexity index is 1220. The van der Waals surface area contributed by atoms with Crippen molar-refractivity contribution < 1.29 is 9.59 Å². The van der Waals surface area contributed by atoms with Crippen LogP contribution in [0.15, 0.2) is 53.8 Å². The van der Waals surface area contributed by atoms with Crippen molar-refractivity contribution in [1.29, 1.82) is 0 Å². The van der Waals surface area contributed by atoms with Gasteiger partial charge in [-0.3, -0.25) is 19.3 Å². The molecule has 30 heavy (non-hydrogen) atoms. The molecule has 1 N–H and O–H groups in total. The quantitative estimate of drug-likeness (QED) is 0.684. The van der Waals surface area contributed by atoms with Crippen molar-refractivity contribution in [1.82, 2.24) is 19.8 Å². The second-order valence-electron chi connectivity index (χ2n) is 6.97. The van der Waals surface area contributed by atoms with E-state index in [2.05, 4.69) is 16.5 Å².